The summed E-state index contributed by atoms with van der Waals surface area (Å²) in [6.07, 6.45) is 1.44. The summed E-state index contributed by atoms with van der Waals surface area (Å²) >= 11 is 3.39. The van der Waals surface area contributed by atoms with Gasteiger partial charge in [-0.2, -0.15) is 9.78 Å². The van der Waals surface area contributed by atoms with Crippen LogP contribution in [-0.2, 0) is 6.61 Å². The number of phenolic OH excluding ortho intramolecular Hbond substituents is 1. The standard InChI is InChI=1S/C26H24BrN3O3/c1-16(2)20-10-8-17(3)12-24(20)33-15-25-29-22-7-5-4-6-21(22)26(32)30(25)28-14-18-13-19(27)9-11-23(18)31/h4-14,16,31H,15H2,1-3H3/b28-14+. The lowest BCUT2D eigenvalue weighted by atomic mass is 10.0. The predicted molar refractivity (Wildman–Crippen MR) is 134 cm³/mol. The number of para-hydroxylation sites is 1. The fourth-order valence-electron chi connectivity index (χ4n) is 3.52. The Morgan fingerprint density at radius 3 is 2.73 bits per heavy atom. The molecule has 0 amide bonds. The summed E-state index contributed by atoms with van der Waals surface area (Å²) in [5, 5.41) is 15.0. The lowest BCUT2D eigenvalue weighted by molar-refractivity contribution is 0.285. The van der Waals surface area contributed by atoms with Crippen LogP contribution in [0.1, 0.15) is 42.3 Å². The molecule has 0 aliphatic rings. The molecule has 0 unspecified atom stereocenters. The largest absolute Gasteiger partial charge is 0.507 e. The molecule has 0 bridgehead atoms. The Morgan fingerprint density at radius 1 is 1.15 bits per heavy atom. The molecule has 0 saturated heterocycles. The van der Waals surface area contributed by atoms with Crippen LogP contribution < -0.4 is 10.3 Å². The van der Waals surface area contributed by atoms with Gasteiger partial charge in [0.25, 0.3) is 5.56 Å². The third-order valence-electron chi connectivity index (χ3n) is 5.27. The second-order valence-corrected chi connectivity index (χ2v) is 9.01. The van der Waals surface area contributed by atoms with Gasteiger partial charge in [0.15, 0.2) is 5.82 Å². The fraction of sp³-hybridized carbons (Fsp3) is 0.192. The minimum Gasteiger partial charge on any atom is -0.507 e. The molecule has 1 heterocycles. The van der Waals surface area contributed by atoms with Gasteiger partial charge < -0.3 is 9.84 Å². The minimum atomic E-state index is -0.307. The lowest BCUT2D eigenvalue weighted by Gasteiger charge is -2.16. The average Bonchev–Trinajstić information content (AvgIpc) is 2.79. The molecule has 0 aliphatic carbocycles. The molecule has 1 N–H and O–H groups in total. The van der Waals surface area contributed by atoms with Gasteiger partial charge in [0.05, 0.1) is 17.1 Å². The first-order valence-corrected chi connectivity index (χ1v) is 11.4. The summed E-state index contributed by atoms with van der Waals surface area (Å²) in [5.41, 5.74) is 2.90. The molecule has 0 fully saturated rings. The maximum Gasteiger partial charge on any atom is 0.282 e. The molecule has 1 aromatic heterocycles. The van der Waals surface area contributed by atoms with E-state index in [-0.39, 0.29) is 23.8 Å². The molecule has 168 valence electrons. The van der Waals surface area contributed by atoms with Gasteiger partial charge >= 0.3 is 0 Å². The van der Waals surface area contributed by atoms with Crippen molar-refractivity contribution in [2.24, 2.45) is 5.10 Å². The summed E-state index contributed by atoms with van der Waals surface area (Å²) < 4.78 is 8.17. The number of benzene rings is 3. The van der Waals surface area contributed by atoms with E-state index < -0.39 is 0 Å². The number of hydrogen-bond donors (Lipinski definition) is 1. The number of aromatic nitrogens is 2. The summed E-state index contributed by atoms with van der Waals surface area (Å²) in [4.78, 5) is 17.9. The van der Waals surface area contributed by atoms with Gasteiger partial charge in [-0.1, -0.05) is 54.0 Å². The van der Waals surface area contributed by atoms with Gasteiger partial charge in [0.1, 0.15) is 18.1 Å². The van der Waals surface area contributed by atoms with Crippen LogP contribution in [0.2, 0.25) is 0 Å². The molecular weight excluding hydrogens is 482 g/mol. The van der Waals surface area contributed by atoms with Crippen LogP contribution in [0, 0.1) is 6.92 Å². The van der Waals surface area contributed by atoms with Crippen molar-refractivity contribution < 1.29 is 9.84 Å². The van der Waals surface area contributed by atoms with E-state index in [0.29, 0.717) is 22.3 Å². The molecular formula is C26H24BrN3O3. The topological polar surface area (TPSA) is 76.7 Å². The summed E-state index contributed by atoms with van der Waals surface area (Å²) in [6, 6.07) is 18.2. The molecule has 0 atom stereocenters. The molecule has 4 aromatic rings. The van der Waals surface area contributed by atoms with Crippen LogP contribution in [0.25, 0.3) is 10.9 Å². The Morgan fingerprint density at radius 2 is 1.94 bits per heavy atom. The first-order chi connectivity index (χ1) is 15.8. The fourth-order valence-corrected chi connectivity index (χ4v) is 3.90. The Bertz CT molecular complexity index is 1410. The Kier molecular flexibility index (Phi) is 6.60. The minimum absolute atomic E-state index is 0.0582. The molecule has 0 aliphatic heterocycles. The first kappa shape index (κ1) is 22.7. The van der Waals surface area contributed by atoms with Crippen molar-refractivity contribution in [2.75, 3.05) is 0 Å². The molecule has 6 nitrogen and oxygen atoms in total. The normalized spacial score (nSPS) is 11.5. The zero-order chi connectivity index (χ0) is 23.5. The van der Waals surface area contributed by atoms with Gasteiger partial charge in [-0.3, -0.25) is 4.79 Å². The number of fused-ring (bicyclic) bond motifs is 1. The predicted octanol–water partition coefficient (Wildman–Crippen LogP) is 5.76. The SMILES string of the molecule is Cc1ccc(C(C)C)c(OCc2nc3ccccc3c(=O)n2/N=C/c2cc(Br)ccc2O)c1. The van der Waals surface area contributed by atoms with Gasteiger partial charge in [-0.15, -0.1) is 0 Å². The average molecular weight is 506 g/mol. The van der Waals surface area contributed by atoms with E-state index in [4.69, 9.17) is 4.74 Å². The van der Waals surface area contributed by atoms with Gasteiger partial charge in [-0.25, -0.2) is 4.98 Å². The molecule has 4 rings (SSSR count). The highest BCUT2D eigenvalue weighted by Crippen LogP contribution is 2.28. The monoisotopic (exact) mass is 505 g/mol. The molecule has 0 saturated carbocycles. The van der Waals surface area contributed by atoms with E-state index in [9.17, 15) is 9.90 Å². The highest BCUT2D eigenvalue weighted by atomic mass is 79.9. The van der Waals surface area contributed by atoms with E-state index in [1.54, 1.807) is 36.4 Å². The van der Waals surface area contributed by atoms with Crippen LogP contribution in [0.4, 0.5) is 0 Å². The Balaban J connectivity index is 1.78. The molecule has 3 aromatic carbocycles. The molecule has 7 heteroatoms. The van der Waals surface area contributed by atoms with Crippen molar-refractivity contribution in [1.82, 2.24) is 9.66 Å². The van der Waals surface area contributed by atoms with Crippen molar-refractivity contribution in [3.63, 3.8) is 0 Å². The summed E-state index contributed by atoms with van der Waals surface area (Å²) in [5.74, 6) is 1.46. The van der Waals surface area contributed by atoms with Gasteiger partial charge in [-0.05, 0) is 60.4 Å². The van der Waals surface area contributed by atoms with E-state index >= 15 is 0 Å². The van der Waals surface area contributed by atoms with Crippen molar-refractivity contribution in [1.29, 1.82) is 0 Å². The maximum absolute atomic E-state index is 13.2. The number of halogens is 1. The summed E-state index contributed by atoms with van der Waals surface area (Å²) in [7, 11) is 0. The third-order valence-corrected chi connectivity index (χ3v) is 5.76. The first-order valence-electron chi connectivity index (χ1n) is 10.6. The van der Waals surface area contributed by atoms with Crippen LogP contribution in [0.3, 0.4) is 0 Å². The Labute approximate surface area is 200 Å². The highest BCUT2D eigenvalue weighted by Gasteiger charge is 2.14. The number of rotatable bonds is 6. The lowest BCUT2D eigenvalue weighted by Crippen LogP contribution is -2.23. The van der Waals surface area contributed by atoms with E-state index in [0.717, 1.165) is 21.3 Å². The third kappa shape index (κ3) is 4.98. The zero-order valence-corrected chi connectivity index (χ0v) is 20.2. The van der Waals surface area contributed by atoms with Crippen molar-refractivity contribution in [3.05, 3.63) is 98.0 Å². The van der Waals surface area contributed by atoms with Crippen LogP contribution in [0.15, 0.2) is 75.0 Å². The van der Waals surface area contributed by atoms with Crippen LogP contribution in [0.5, 0.6) is 11.5 Å². The summed E-state index contributed by atoms with van der Waals surface area (Å²) in [6.45, 7) is 6.29. The quantitative estimate of drug-likeness (QED) is 0.338. The van der Waals surface area contributed by atoms with Crippen LogP contribution >= 0.6 is 15.9 Å². The second kappa shape index (κ2) is 9.58. The van der Waals surface area contributed by atoms with E-state index in [1.165, 1.54) is 10.9 Å². The molecule has 0 radical (unpaired) electrons. The maximum atomic E-state index is 13.2. The van der Waals surface area contributed by atoms with Crippen molar-refractivity contribution >= 4 is 33.0 Å². The zero-order valence-electron chi connectivity index (χ0n) is 18.6. The molecule has 0 spiro atoms. The number of aromatic hydroxyl groups is 1. The van der Waals surface area contributed by atoms with Gasteiger partial charge in [0.2, 0.25) is 0 Å². The number of hydrogen-bond acceptors (Lipinski definition) is 5. The number of aryl methyl sites for hydroxylation is 1. The Hall–Kier alpha value is -3.45. The highest BCUT2D eigenvalue weighted by molar-refractivity contribution is 9.10. The molecule has 33 heavy (non-hydrogen) atoms. The number of ether oxygens (including phenoxy) is 1. The number of nitrogens with zero attached hydrogens (tertiary/aromatic N) is 3. The van der Waals surface area contributed by atoms with E-state index in [2.05, 4.69) is 52.0 Å². The van der Waals surface area contributed by atoms with E-state index in [1.807, 2.05) is 19.1 Å². The van der Waals surface area contributed by atoms with Crippen LogP contribution in [-0.4, -0.2) is 21.0 Å². The second-order valence-electron chi connectivity index (χ2n) is 8.09. The van der Waals surface area contributed by atoms with Crippen molar-refractivity contribution in [2.45, 2.75) is 33.3 Å². The van der Waals surface area contributed by atoms with Gasteiger partial charge in [0, 0.05) is 10.0 Å². The number of phenols is 1. The van der Waals surface area contributed by atoms with Crippen molar-refractivity contribution in [3.8, 4) is 11.5 Å². The smallest absolute Gasteiger partial charge is 0.282 e.